The molecule has 0 radical (unpaired) electrons. The van der Waals surface area contributed by atoms with Crippen LogP contribution in [0, 0.1) is 0 Å². The number of rotatable bonds is 5. The maximum Gasteiger partial charge on any atom is 0.433 e. The number of halogens is 3. The molecule has 2 aromatic heterocycles. The SMILES string of the molecule is CN(C)c1cc(C(F)(F)F)nc(NCc2cccc(-c3cnn(C)c3)c2)n1. The molecule has 1 aromatic carbocycles. The fourth-order valence-electron chi connectivity index (χ4n) is 2.50. The Morgan fingerprint density at radius 1 is 1.11 bits per heavy atom. The van der Waals surface area contributed by atoms with Crippen LogP contribution >= 0.6 is 0 Å². The summed E-state index contributed by atoms with van der Waals surface area (Å²) in [6.45, 7) is 0.294. The van der Waals surface area contributed by atoms with Crippen molar-refractivity contribution in [3.8, 4) is 11.1 Å². The van der Waals surface area contributed by atoms with Gasteiger partial charge in [-0.25, -0.2) is 4.98 Å². The minimum Gasteiger partial charge on any atom is -0.363 e. The highest BCUT2D eigenvalue weighted by molar-refractivity contribution is 5.62. The van der Waals surface area contributed by atoms with Gasteiger partial charge in [0.25, 0.3) is 0 Å². The normalized spacial score (nSPS) is 11.5. The Labute approximate surface area is 154 Å². The molecular formula is C18H19F3N6. The lowest BCUT2D eigenvalue weighted by Gasteiger charge is -2.16. The second kappa shape index (κ2) is 7.26. The number of nitrogens with zero attached hydrogens (tertiary/aromatic N) is 5. The van der Waals surface area contributed by atoms with Gasteiger partial charge in [-0.1, -0.05) is 18.2 Å². The first-order chi connectivity index (χ1) is 12.7. The van der Waals surface area contributed by atoms with Crippen LogP contribution in [0.25, 0.3) is 11.1 Å². The number of hydrogen-bond acceptors (Lipinski definition) is 5. The Kier molecular flexibility index (Phi) is 5.02. The summed E-state index contributed by atoms with van der Waals surface area (Å²) in [7, 11) is 5.09. The lowest BCUT2D eigenvalue weighted by Crippen LogP contribution is -2.17. The van der Waals surface area contributed by atoms with Crippen LogP contribution in [0.3, 0.4) is 0 Å². The standard InChI is InChI=1S/C18H19F3N6/c1-26(2)16-8-15(18(19,20)21)24-17(25-16)22-9-12-5-4-6-13(7-12)14-10-23-27(3)11-14/h4-8,10-11H,9H2,1-3H3,(H,22,24,25). The number of hydrogen-bond donors (Lipinski definition) is 1. The van der Waals surface area contributed by atoms with Gasteiger partial charge in [0.1, 0.15) is 5.82 Å². The van der Waals surface area contributed by atoms with E-state index in [1.165, 1.54) is 4.90 Å². The van der Waals surface area contributed by atoms with Crippen LogP contribution in [0.5, 0.6) is 0 Å². The quantitative estimate of drug-likeness (QED) is 0.738. The molecular weight excluding hydrogens is 357 g/mol. The first-order valence-electron chi connectivity index (χ1n) is 8.18. The van der Waals surface area contributed by atoms with Gasteiger partial charge in [0.2, 0.25) is 5.95 Å². The third-order valence-corrected chi connectivity index (χ3v) is 3.88. The van der Waals surface area contributed by atoms with Gasteiger partial charge in [0.05, 0.1) is 6.20 Å². The number of anilines is 2. The van der Waals surface area contributed by atoms with Gasteiger partial charge in [0.15, 0.2) is 5.69 Å². The van der Waals surface area contributed by atoms with E-state index in [0.717, 1.165) is 22.8 Å². The number of aryl methyl sites for hydroxylation is 1. The van der Waals surface area contributed by atoms with E-state index >= 15 is 0 Å². The molecule has 0 aliphatic carbocycles. The van der Waals surface area contributed by atoms with Crippen molar-refractivity contribution in [3.63, 3.8) is 0 Å². The molecule has 3 rings (SSSR count). The molecule has 9 heteroatoms. The summed E-state index contributed by atoms with van der Waals surface area (Å²) in [6, 6.07) is 8.59. The lowest BCUT2D eigenvalue weighted by atomic mass is 10.1. The van der Waals surface area contributed by atoms with E-state index < -0.39 is 11.9 Å². The van der Waals surface area contributed by atoms with E-state index in [1.54, 1.807) is 25.0 Å². The van der Waals surface area contributed by atoms with Crippen molar-refractivity contribution in [2.75, 3.05) is 24.3 Å². The number of nitrogens with one attached hydrogen (secondary N) is 1. The molecule has 0 bridgehead atoms. The predicted octanol–water partition coefficient (Wildman–Crippen LogP) is 3.57. The molecule has 142 valence electrons. The summed E-state index contributed by atoms with van der Waals surface area (Å²) in [5.74, 6) is 0.115. The van der Waals surface area contributed by atoms with Gasteiger partial charge in [-0.3, -0.25) is 4.68 Å². The van der Waals surface area contributed by atoms with Crippen LogP contribution in [-0.2, 0) is 19.8 Å². The van der Waals surface area contributed by atoms with Crippen LogP contribution in [0.15, 0.2) is 42.7 Å². The van der Waals surface area contributed by atoms with Gasteiger partial charge in [-0.2, -0.15) is 23.3 Å². The van der Waals surface area contributed by atoms with E-state index in [4.69, 9.17) is 0 Å². The van der Waals surface area contributed by atoms with Crippen LogP contribution in [-0.4, -0.2) is 33.8 Å². The smallest absolute Gasteiger partial charge is 0.363 e. The van der Waals surface area contributed by atoms with Gasteiger partial charge >= 0.3 is 6.18 Å². The number of benzene rings is 1. The maximum atomic E-state index is 13.1. The fourth-order valence-corrected chi connectivity index (χ4v) is 2.50. The molecule has 0 saturated heterocycles. The van der Waals surface area contributed by atoms with Gasteiger partial charge < -0.3 is 10.2 Å². The second-order valence-electron chi connectivity index (χ2n) is 6.28. The summed E-state index contributed by atoms with van der Waals surface area (Å²) in [4.78, 5) is 9.24. The zero-order valence-corrected chi connectivity index (χ0v) is 15.1. The van der Waals surface area contributed by atoms with Crippen molar-refractivity contribution in [3.05, 3.63) is 54.0 Å². The largest absolute Gasteiger partial charge is 0.433 e. The van der Waals surface area contributed by atoms with Crippen LogP contribution in [0.4, 0.5) is 24.9 Å². The molecule has 2 heterocycles. The topological polar surface area (TPSA) is 58.9 Å². The zero-order valence-electron chi connectivity index (χ0n) is 15.1. The third kappa shape index (κ3) is 4.55. The van der Waals surface area contributed by atoms with E-state index in [2.05, 4.69) is 20.4 Å². The highest BCUT2D eigenvalue weighted by atomic mass is 19.4. The average Bonchev–Trinajstić information content (AvgIpc) is 3.06. The van der Waals surface area contributed by atoms with Crippen molar-refractivity contribution < 1.29 is 13.2 Å². The van der Waals surface area contributed by atoms with Gasteiger partial charge in [0, 0.05) is 45.5 Å². The second-order valence-corrected chi connectivity index (χ2v) is 6.28. The van der Waals surface area contributed by atoms with E-state index in [1.807, 2.05) is 37.5 Å². The molecule has 0 saturated carbocycles. The van der Waals surface area contributed by atoms with Crippen molar-refractivity contribution in [2.45, 2.75) is 12.7 Å². The van der Waals surface area contributed by atoms with Gasteiger partial charge in [-0.15, -0.1) is 0 Å². The van der Waals surface area contributed by atoms with Crippen LogP contribution in [0.1, 0.15) is 11.3 Å². The molecule has 0 aliphatic heterocycles. The Balaban J connectivity index is 1.81. The highest BCUT2D eigenvalue weighted by Crippen LogP contribution is 2.30. The minimum atomic E-state index is -4.54. The Bertz CT molecular complexity index is 933. The summed E-state index contributed by atoms with van der Waals surface area (Å²) < 4.78 is 40.9. The third-order valence-electron chi connectivity index (χ3n) is 3.88. The fraction of sp³-hybridized carbons (Fsp3) is 0.278. The Hall–Kier alpha value is -3.10. The molecule has 0 atom stereocenters. The van der Waals surface area contributed by atoms with Crippen molar-refractivity contribution in [1.29, 1.82) is 0 Å². The van der Waals surface area contributed by atoms with Crippen LogP contribution < -0.4 is 10.2 Å². The molecule has 0 fully saturated rings. The number of alkyl halides is 3. The average molecular weight is 376 g/mol. The van der Waals surface area contributed by atoms with E-state index in [0.29, 0.717) is 6.54 Å². The number of aromatic nitrogens is 4. The minimum absolute atomic E-state index is 0.0692. The first-order valence-corrected chi connectivity index (χ1v) is 8.18. The molecule has 6 nitrogen and oxygen atoms in total. The van der Waals surface area contributed by atoms with Gasteiger partial charge in [-0.05, 0) is 17.2 Å². The predicted molar refractivity (Wildman–Crippen MR) is 97.3 cm³/mol. The summed E-state index contributed by atoms with van der Waals surface area (Å²) >= 11 is 0. The first kappa shape index (κ1) is 18.7. The highest BCUT2D eigenvalue weighted by Gasteiger charge is 2.34. The molecule has 3 aromatic rings. The van der Waals surface area contributed by atoms with Crippen LogP contribution in [0.2, 0.25) is 0 Å². The van der Waals surface area contributed by atoms with Crippen molar-refractivity contribution in [2.24, 2.45) is 7.05 Å². The zero-order chi connectivity index (χ0) is 19.6. The Morgan fingerprint density at radius 2 is 1.89 bits per heavy atom. The molecule has 0 amide bonds. The molecule has 0 spiro atoms. The maximum absolute atomic E-state index is 13.1. The molecule has 1 N–H and O–H groups in total. The summed E-state index contributed by atoms with van der Waals surface area (Å²) in [6.07, 6.45) is -0.887. The summed E-state index contributed by atoms with van der Waals surface area (Å²) in [5, 5.41) is 7.03. The van der Waals surface area contributed by atoms with E-state index in [-0.39, 0.29) is 11.8 Å². The monoisotopic (exact) mass is 376 g/mol. The van der Waals surface area contributed by atoms with Crippen molar-refractivity contribution >= 4 is 11.8 Å². The lowest BCUT2D eigenvalue weighted by molar-refractivity contribution is -0.141. The molecule has 0 aliphatic rings. The molecule has 27 heavy (non-hydrogen) atoms. The Morgan fingerprint density at radius 3 is 2.52 bits per heavy atom. The summed E-state index contributed by atoms with van der Waals surface area (Å²) in [5.41, 5.74) is 1.85. The van der Waals surface area contributed by atoms with E-state index in [9.17, 15) is 13.2 Å². The van der Waals surface area contributed by atoms with Crippen molar-refractivity contribution in [1.82, 2.24) is 19.7 Å². The molecule has 0 unspecified atom stereocenters.